The summed E-state index contributed by atoms with van der Waals surface area (Å²) >= 11 is 9.29. The predicted octanol–water partition coefficient (Wildman–Crippen LogP) is 3.23. The monoisotopic (exact) mass is 256 g/mol. The Morgan fingerprint density at radius 3 is 2.85 bits per heavy atom. The number of rotatable bonds is 0. The molecule has 2 nitrogen and oxygen atoms in total. The first-order valence-corrected chi connectivity index (χ1v) is 4.84. The van der Waals surface area contributed by atoms with E-state index in [0.717, 1.165) is 15.4 Å². The summed E-state index contributed by atoms with van der Waals surface area (Å²) in [6.45, 7) is 0. The third kappa shape index (κ3) is 1.62. The molecule has 0 aliphatic carbocycles. The summed E-state index contributed by atoms with van der Waals surface area (Å²) in [6.07, 6.45) is 1.71. The van der Waals surface area contributed by atoms with E-state index in [4.69, 9.17) is 17.3 Å². The van der Waals surface area contributed by atoms with Gasteiger partial charge in [-0.3, -0.25) is 4.98 Å². The van der Waals surface area contributed by atoms with Crippen molar-refractivity contribution < 1.29 is 0 Å². The van der Waals surface area contributed by atoms with E-state index in [0.29, 0.717) is 10.7 Å². The van der Waals surface area contributed by atoms with Gasteiger partial charge in [0, 0.05) is 21.7 Å². The Bertz CT molecular complexity index is 465. The number of halogens is 2. The Labute approximate surface area is 88.8 Å². The highest BCUT2D eigenvalue weighted by Gasteiger charge is 2.02. The molecule has 0 saturated carbocycles. The Hall–Kier alpha value is -0.800. The summed E-state index contributed by atoms with van der Waals surface area (Å²) in [7, 11) is 0. The van der Waals surface area contributed by atoms with Crippen molar-refractivity contribution in [1.82, 2.24) is 4.98 Å². The number of nitrogens with zero attached hydrogens (tertiary/aromatic N) is 1. The molecule has 4 heteroatoms. The fourth-order valence-corrected chi connectivity index (χ4v) is 1.83. The first-order chi connectivity index (χ1) is 6.16. The number of nitrogens with two attached hydrogens (primary N) is 1. The van der Waals surface area contributed by atoms with Crippen LogP contribution in [0, 0.1) is 0 Å². The van der Waals surface area contributed by atoms with Gasteiger partial charge in [0.2, 0.25) is 0 Å². The second kappa shape index (κ2) is 3.16. The zero-order chi connectivity index (χ0) is 9.42. The van der Waals surface area contributed by atoms with E-state index in [2.05, 4.69) is 20.9 Å². The highest BCUT2D eigenvalue weighted by atomic mass is 79.9. The summed E-state index contributed by atoms with van der Waals surface area (Å²) in [5, 5.41) is 1.53. The number of hydrogen-bond acceptors (Lipinski definition) is 2. The van der Waals surface area contributed by atoms with E-state index < -0.39 is 0 Å². The summed E-state index contributed by atoms with van der Waals surface area (Å²) < 4.78 is 0.918. The van der Waals surface area contributed by atoms with Gasteiger partial charge in [0.15, 0.2) is 0 Å². The van der Waals surface area contributed by atoms with E-state index >= 15 is 0 Å². The minimum atomic E-state index is 0.586. The zero-order valence-corrected chi connectivity index (χ0v) is 8.93. The molecular weight excluding hydrogens is 251 g/mol. The first-order valence-electron chi connectivity index (χ1n) is 3.67. The maximum Gasteiger partial charge on any atom is 0.0890 e. The molecule has 0 fully saturated rings. The highest BCUT2D eigenvalue weighted by Crippen LogP contribution is 2.26. The Morgan fingerprint density at radius 1 is 1.31 bits per heavy atom. The van der Waals surface area contributed by atoms with Crippen LogP contribution in [-0.4, -0.2) is 4.98 Å². The summed E-state index contributed by atoms with van der Waals surface area (Å²) in [4.78, 5) is 4.19. The molecule has 1 aromatic heterocycles. The second-order valence-electron chi connectivity index (χ2n) is 2.73. The second-order valence-corrected chi connectivity index (χ2v) is 4.05. The number of anilines is 1. The fraction of sp³-hybridized carbons (Fsp3) is 0. The van der Waals surface area contributed by atoms with Crippen LogP contribution < -0.4 is 5.73 Å². The van der Waals surface area contributed by atoms with Gasteiger partial charge in [0.05, 0.1) is 10.5 Å². The number of fused-ring (bicyclic) bond motifs is 1. The van der Waals surface area contributed by atoms with Crippen LogP contribution >= 0.6 is 27.5 Å². The first kappa shape index (κ1) is 8.78. The average Bonchev–Trinajstić information content (AvgIpc) is 2.02. The van der Waals surface area contributed by atoms with Crippen molar-refractivity contribution in [3.05, 3.63) is 33.9 Å². The van der Waals surface area contributed by atoms with Crippen LogP contribution in [0.4, 0.5) is 5.69 Å². The molecular formula is C9H6BrClN2. The van der Waals surface area contributed by atoms with Crippen LogP contribution in [0.1, 0.15) is 0 Å². The van der Waals surface area contributed by atoms with Crippen LogP contribution in [0.25, 0.3) is 10.9 Å². The number of aromatic nitrogens is 1. The SMILES string of the molecule is Nc1cc(Cl)c2ncc(Br)cc2c1. The molecule has 0 amide bonds. The minimum Gasteiger partial charge on any atom is -0.399 e. The van der Waals surface area contributed by atoms with E-state index in [-0.39, 0.29) is 0 Å². The van der Waals surface area contributed by atoms with Crippen LogP contribution in [0.15, 0.2) is 28.9 Å². The van der Waals surface area contributed by atoms with Crippen molar-refractivity contribution in [1.29, 1.82) is 0 Å². The lowest BCUT2D eigenvalue weighted by molar-refractivity contribution is 1.39. The quantitative estimate of drug-likeness (QED) is 0.736. The third-order valence-corrected chi connectivity index (χ3v) is 2.45. The van der Waals surface area contributed by atoms with Gasteiger partial charge >= 0.3 is 0 Å². The van der Waals surface area contributed by atoms with Crippen molar-refractivity contribution in [3.8, 4) is 0 Å². The molecule has 0 atom stereocenters. The number of benzene rings is 1. The average molecular weight is 258 g/mol. The molecule has 1 heterocycles. The molecule has 0 unspecified atom stereocenters. The van der Waals surface area contributed by atoms with Gasteiger partial charge in [-0.05, 0) is 34.1 Å². The Balaban J connectivity index is 2.86. The largest absolute Gasteiger partial charge is 0.399 e. The van der Waals surface area contributed by atoms with E-state index in [1.54, 1.807) is 12.3 Å². The van der Waals surface area contributed by atoms with Crippen LogP contribution in [0.5, 0.6) is 0 Å². The van der Waals surface area contributed by atoms with Crippen LogP contribution in [0.2, 0.25) is 5.02 Å². The van der Waals surface area contributed by atoms with Crippen LogP contribution in [0.3, 0.4) is 0 Å². The standard InChI is InChI=1S/C9H6BrClN2/c10-6-1-5-2-7(12)3-8(11)9(5)13-4-6/h1-4H,12H2. The molecule has 0 spiro atoms. The van der Waals surface area contributed by atoms with Crippen molar-refractivity contribution in [2.45, 2.75) is 0 Å². The summed E-state index contributed by atoms with van der Waals surface area (Å²) in [5.41, 5.74) is 7.07. The van der Waals surface area contributed by atoms with Crippen LogP contribution in [-0.2, 0) is 0 Å². The topological polar surface area (TPSA) is 38.9 Å². The van der Waals surface area contributed by atoms with Crippen molar-refractivity contribution >= 4 is 44.1 Å². The van der Waals surface area contributed by atoms with Gasteiger partial charge in [-0.25, -0.2) is 0 Å². The molecule has 0 radical (unpaired) electrons. The lowest BCUT2D eigenvalue weighted by Crippen LogP contribution is -1.87. The lowest BCUT2D eigenvalue weighted by Gasteiger charge is -2.01. The fourth-order valence-electron chi connectivity index (χ4n) is 1.20. The van der Waals surface area contributed by atoms with E-state index in [9.17, 15) is 0 Å². The van der Waals surface area contributed by atoms with Gasteiger partial charge in [-0.2, -0.15) is 0 Å². The van der Waals surface area contributed by atoms with E-state index in [1.165, 1.54) is 0 Å². The molecule has 2 aromatic rings. The molecule has 2 rings (SSSR count). The minimum absolute atomic E-state index is 0.586. The predicted molar refractivity (Wildman–Crippen MR) is 58.9 cm³/mol. The molecule has 2 N–H and O–H groups in total. The molecule has 0 aliphatic rings. The van der Waals surface area contributed by atoms with Gasteiger partial charge in [-0.15, -0.1) is 0 Å². The number of hydrogen-bond donors (Lipinski definition) is 1. The van der Waals surface area contributed by atoms with Gasteiger partial charge in [-0.1, -0.05) is 11.6 Å². The molecule has 13 heavy (non-hydrogen) atoms. The molecule has 0 saturated heterocycles. The normalized spacial score (nSPS) is 10.6. The molecule has 0 aliphatic heterocycles. The number of pyridine rings is 1. The maximum absolute atomic E-state index is 5.96. The molecule has 1 aromatic carbocycles. The van der Waals surface area contributed by atoms with Gasteiger partial charge in [0.1, 0.15) is 0 Å². The van der Waals surface area contributed by atoms with Crippen molar-refractivity contribution in [2.24, 2.45) is 0 Å². The smallest absolute Gasteiger partial charge is 0.0890 e. The summed E-state index contributed by atoms with van der Waals surface area (Å²) in [5.74, 6) is 0. The zero-order valence-electron chi connectivity index (χ0n) is 6.59. The molecule has 0 bridgehead atoms. The maximum atomic E-state index is 5.96. The van der Waals surface area contributed by atoms with E-state index in [1.807, 2.05) is 12.1 Å². The number of nitrogen functional groups attached to an aromatic ring is 1. The third-order valence-electron chi connectivity index (χ3n) is 1.73. The molecule has 66 valence electrons. The van der Waals surface area contributed by atoms with Gasteiger partial charge in [0.25, 0.3) is 0 Å². The van der Waals surface area contributed by atoms with Crippen molar-refractivity contribution in [2.75, 3.05) is 5.73 Å². The highest BCUT2D eigenvalue weighted by molar-refractivity contribution is 9.10. The summed E-state index contributed by atoms with van der Waals surface area (Å²) in [6, 6.07) is 5.48. The lowest BCUT2D eigenvalue weighted by atomic mass is 10.2. The van der Waals surface area contributed by atoms with Crippen molar-refractivity contribution in [3.63, 3.8) is 0 Å². The Morgan fingerprint density at radius 2 is 2.08 bits per heavy atom. The Kier molecular flexibility index (Phi) is 2.14. The van der Waals surface area contributed by atoms with Gasteiger partial charge < -0.3 is 5.73 Å².